The fraction of sp³-hybridized carbons (Fsp3) is 0.208. The minimum Gasteiger partial charge on any atom is -0.453 e. The van der Waals surface area contributed by atoms with Crippen molar-refractivity contribution in [1.29, 1.82) is 0 Å². The maximum Gasteiger partial charge on any atom is 0.379 e. The van der Waals surface area contributed by atoms with Crippen molar-refractivity contribution in [2.75, 3.05) is 0 Å². The van der Waals surface area contributed by atoms with Gasteiger partial charge in [-0.3, -0.25) is 4.79 Å². The molecule has 1 aromatic heterocycles. The Morgan fingerprint density at radius 3 is 2.62 bits per heavy atom. The summed E-state index contributed by atoms with van der Waals surface area (Å²) in [4.78, 5) is 25.3. The number of furan rings is 1. The number of hydrogen-bond donors (Lipinski definition) is 1. The number of hydrazone groups is 1. The lowest BCUT2D eigenvalue weighted by molar-refractivity contribution is 0.0698. The van der Waals surface area contributed by atoms with E-state index in [0.29, 0.717) is 40.5 Å². The molecule has 1 aliphatic carbocycles. The molecule has 0 aliphatic heterocycles. The third-order valence-electron chi connectivity index (χ3n) is 5.29. The molecule has 0 unspecified atom stereocenters. The summed E-state index contributed by atoms with van der Waals surface area (Å²) in [6, 6.07) is 11.9. The average molecular weight is 471 g/mol. The molecule has 3 aromatic rings. The van der Waals surface area contributed by atoms with E-state index in [9.17, 15) is 9.59 Å². The fourth-order valence-electron chi connectivity index (χ4n) is 3.69. The molecule has 0 atom stereocenters. The fourth-order valence-corrected chi connectivity index (χ4v) is 4.13. The van der Waals surface area contributed by atoms with Crippen LogP contribution < -0.4 is 10.2 Å². The number of ether oxygens (including phenoxy) is 1. The highest BCUT2D eigenvalue weighted by atomic mass is 35.5. The zero-order valence-corrected chi connectivity index (χ0v) is 19.0. The number of carbonyl (C=O) groups excluding carboxylic acids is 2. The van der Waals surface area contributed by atoms with Gasteiger partial charge >= 0.3 is 5.97 Å². The molecule has 1 amide bonds. The largest absolute Gasteiger partial charge is 0.453 e. The molecule has 164 valence electrons. The molecule has 8 heteroatoms. The van der Waals surface area contributed by atoms with Gasteiger partial charge in [-0.05, 0) is 56.5 Å². The molecule has 6 nitrogen and oxygen atoms in total. The minimum absolute atomic E-state index is 0.0841. The number of esters is 1. The first-order valence-electron chi connectivity index (χ1n) is 10.1. The van der Waals surface area contributed by atoms with Gasteiger partial charge < -0.3 is 9.15 Å². The van der Waals surface area contributed by atoms with Crippen molar-refractivity contribution < 1.29 is 18.7 Å². The molecule has 0 bridgehead atoms. The molecular weight excluding hydrogens is 451 g/mol. The molecule has 1 aliphatic rings. The van der Waals surface area contributed by atoms with Gasteiger partial charge in [-0.15, -0.1) is 0 Å². The summed E-state index contributed by atoms with van der Waals surface area (Å²) >= 11 is 12.0. The molecule has 0 spiro atoms. The van der Waals surface area contributed by atoms with Crippen molar-refractivity contribution in [2.24, 2.45) is 5.10 Å². The number of fused-ring (bicyclic) bond motifs is 1. The highest BCUT2D eigenvalue weighted by molar-refractivity contribution is 6.35. The van der Waals surface area contributed by atoms with Crippen LogP contribution in [-0.2, 0) is 6.42 Å². The van der Waals surface area contributed by atoms with Gasteiger partial charge in [0.1, 0.15) is 11.5 Å². The van der Waals surface area contributed by atoms with E-state index in [4.69, 9.17) is 32.4 Å². The Hall–Kier alpha value is -3.09. The van der Waals surface area contributed by atoms with Gasteiger partial charge in [0.2, 0.25) is 5.76 Å². The smallest absolute Gasteiger partial charge is 0.379 e. The number of rotatable bonds is 4. The summed E-state index contributed by atoms with van der Waals surface area (Å²) in [5.74, 6) is -0.0350. The van der Waals surface area contributed by atoms with E-state index in [2.05, 4.69) is 10.5 Å². The Balaban J connectivity index is 1.58. The summed E-state index contributed by atoms with van der Waals surface area (Å²) in [5.41, 5.74) is 6.05. The highest BCUT2D eigenvalue weighted by Gasteiger charge is 2.29. The number of aryl methyl sites for hydroxylation is 2. The zero-order chi connectivity index (χ0) is 22.8. The van der Waals surface area contributed by atoms with E-state index in [0.717, 1.165) is 17.5 Å². The number of carbonyl (C=O) groups is 2. The molecule has 0 saturated carbocycles. The van der Waals surface area contributed by atoms with Gasteiger partial charge in [-0.2, -0.15) is 5.10 Å². The van der Waals surface area contributed by atoms with Crippen LogP contribution in [0.2, 0.25) is 10.0 Å². The molecule has 4 rings (SSSR count). The number of hydrogen-bond acceptors (Lipinski definition) is 5. The van der Waals surface area contributed by atoms with E-state index < -0.39 is 5.97 Å². The van der Waals surface area contributed by atoms with Crippen LogP contribution in [0, 0.1) is 13.8 Å². The molecule has 32 heavy (non-hydrogen) atoms. The Morgan fingerprint density at radius 1 is 1.09 bits per heavy atom. The summed E-state index contributed by atoms with van der Waals surface area (Å²) < 4.78 is 11.3. The van der Waals surface area contributed by atoms with Crippen molar-refractivity contribution >= 4 is 40.8 Å². The van der Waals surface area contributed by atoms with Crippen LogP contribution in [-0.4, -0.2) is 17.6 Å². The van der Waals surface area contributed by atoms with Crippen molar-refractivity contribution in [3.05, 3.63) is 86.3 Å². The lowest BCUT2D eigenvalue weighted by Gasteiger charge is -2.13. The van der Waals surface area contributed by atoms with E-state index in [1.54, 1.807) is 25.1 Å². The van der Waals surface area contributed by atoms with Crippen molar-refractivity contribution in [1.82, 2.24) is 5.43 Å². The summed E-state index contributed by atoms with van der Waals surface area (Å²) in [7, 11) is 0. The topological polar surface area (TPSA) is 80.9 Å². The molecule has 2 aromatic carbocycles. The lowest BCUT2D eigenvalue weighted by Crippen LogP contribution is -2.22. The van der Waals surface area contributed by atoms with E-state index >= 15 is 0 Å². The van der Waals surface area contributed by atoms with Gasteiger partial charge in [0.25, 0.3) is 5.91 Å². The Bertz CT molecular complexity index is 1250. The standard InChI is InChI=1S/C24H20Cl2N2O4/c1-13-6-3-4-7-16(13)23(29)28-27-18-8-5-9-20-21(18)14(2)22(31-20)24(30)32-19-11-10-15(25)12-17(19)26/h3-4,6-7,10-12H,5,8-9H2,1-2H3,(H,28,29)/b27-18+. The monoisotopic (exact) mass is 470 g/mol. The van der Waals surface area contributed by atoms with E-state index in [1.165, 1.54) is 12.1 Å². The molecular formula is C24H20Cl2N2O4. The maximum atomic E-state index is 12.8. The minimum atomic E-state index is -0.663. The molecule has 0 radical (unpaired) electrons. The van der Waals surface area contributed by atoms with Gasteiger partial charge in [0.05, 0.1) is 10.7 Å². The Kier molecular flexibility index (Phi) is 6.35. The van der Waals surface area contributed by atoms with E-state index in [-0.39, 0.29) is 22.4 Å². The van der Waals surface area contributed by atoms with Crippen LogP contribution in [0.25, 0.3) is 0 Å². The molecule has 1 N–H and O–H groups in total. The van der Waals surface area contributed by atoms with E-state index in [1.807, 2.05) is 19.1 Å². The van der Waals surface area contributed by atoms with Crippen LogP contribution in [0.5, 0.6) is 5.75 Å². The summed E-state index contributed by atoms with van der Waals surface area (Å²) in [6.07, 6.45) is 2.10. The number of benzene rings is 2. The second kappa shape index (κ2) is 9.18. The predicted octanol–water partition coefficient (Wildman–Crippen LogP) is 5.89. The molecule has 1 heterocycles. The van der Waals surface area contributed by atoms with Crippen molar-refractivity contribution in [3.8, 4) is 5.75 Å². The van der Waals surface area contributed by atoms with Gasteiger partial charge in [-0.1, -0.05) is 41.4 Å². The Morgan fingerprint density at radius 2 is 1.88 bits per heavy atom. The van der Waals surface area contributed by atoms with Crippen molar-refractivity contribution in [3.63, 3.8) is 0 Å². The third-order valence-corrected chi connectivity index (χ3v) is 5.82. The normalized spacial score (nSPS) is 14.2. The number of halogens is 2. The van der Waals surface area contributed by atoms with Gasteiger partial charge in [-0.25, -0.2) is 10.2 Å². The van der Waals surface area contributed by atoms with Crippen molar-refractivity contribution in [2.45, 2.75) is 33.1 Å². The third kappa shape index (κ3) is 4.42. The number of nitrogens with one attached hydrogen (secondary N) is 1. The molecule has 0 fully saturated rings. The number of amides is 1. The SMILES string of the molecule is Cc1ccccc1C(=O)N/N=C1\CCCc2oc(C(=O)Oc3ccc(Cl)cc3Cl)c(C)c21. The second-order valence-electron chi connectivity index (χ2n) is 7.49. The first-order chi connectivity index (χ1) is 15.3. The van der Waals surface area contributed by atoms with Crippen LogP contribution in [0.15, 0.2) is 52.0 Å². The zero-order valence-electron chi connectivity index (χ0n) is 17.5. The van der Waals surface area contributed by atoms with Gasteiger partial charge in [0, 0.05) is 28.1 Å². The Labute approximate surface area is 195 Å². The molecule has 0 saturated heterocycles. The van der Waals surface area contributed by atoms with Gasteiger partial charge in [0.15, 0.2) is 0 Å². The van der Waals surface area contributed by atoms with Crippen LogP contribution in [0.4, 0.5) is 0 Å². The lowest BCUT2D eigenvalue weighted by atomic mass is 9.93. The highest BCUT2D eigenvalue weighted by Crippen LogP contribution is 2.32. The predicted molar refractivity (Wildman–Crippen MR) is 123 cm³/mol. The quantitative estimate of drug-likeness (QED) is 0.292. The van der Waals surface area contributed by atoms with Crippen LogP contribution >= 0.6 is 23.2 Å². The van der Waals surface area contributed by atoms with Crippen LogP contribution in [0.3, 0.4) is 0 Å². The average Bonchev–Trinajstić information content (AvgIpc) is 3.11. The van der Waals surface area contributed by atoms with Crippen LogP contribution in [0.1, 0.15) is 56.2 Å². The summed E-state index contributed by atoms with van der Waals surface area (Å²) in [5, 5.41) is 5.01. The summed E-state index contributed by atoms with van der Waals surface area (Å²) in [6.45, 7) is 3.64. The number of nitrogens with zero attached hydrogens (tertiary/aromatic N) is 1. The maximum absolute atomic E-state index is 12.8. The first-order valence-corrected chi connectivity index (χ1v) is 10.8. The first kappa shape index (κ1) is 22.1. The second-order valence-corrected chi connectivity index (χ2v) is 8.33.